The lowest BCUT2D eigenvalue weighted by atomic mass is 10.2. The van der Waals surface area contributed by atoms with Crippen molar-refractivity contribution < 1.29 is 13.6 Å². The largest absolute Gasteiger partial charge is 0.427 e. The lowest BCUT2D eigenvalue weighted by Gasteiger charge is -2.25. The van der Waals surface area contributed by atoms with E-state index in [1.54, 1.807) is 0 Å². The van der Waals surface area contributed by atoms with E-state index in [0.717, 1.165) is 11.3 Å². The molecule has 112 valence electrons. The first-order valence-corrected chi connectivity index (χ1v) is 8.02. The minimum absolute atomic E-state index is 0.322. The highest BCUT2D eigenvalue weighted by Gasteiger charge is 2.23. The molecule has 2 aromatic rings. The Morgan fingerprint density at radius 3 is 2.00 bits per heavy atom. The van der Waals surface area contributed by atoms with E-state index in [2.05, 4.69) is 0 Å². The summed E-state index contributed by atoms with van der Waals surface area (Å²) in [5, 5.41) is 0. The zero-order chi connectivity index (χ0) is 15.1. The molecule has 0 aliphatic heterocycles. The lowest BCUT2D eigenvalue weighted by Crippen LogP contribution is -2.18. The van der Waals surface area contributed by atoms with E-state index in [4.69, 9.17) is 13.6 Å². The fourth-order valence-corrected chi connectivity index (χ4v) is 2.70. The molecule has 0 N–H and O–H groups in total. The van der Waals surface area contributed by atoms with Gasteiger partial charge in [0, 0.05) is 0 Å². The third-order valence-electron chi connectivity index (χ3n) is 2.45. The molecule has 21 heavy (non-hydrogen) atoms. The normalized spacial score (nSPS) is 12.9. The van der Waals surface area contributed by atoms with Crippen LogP contribution in [0.2, 0.25) is 0 Å². The van der Waals surface area contributed by atoms with Crippen molar-refractivity contribution in [2.24, 2.45) is 0 Å². The first-order valence-electron chi connectivity index (χ1n) is 6.92. The van der Waals surface area contributed by atoms with Crippen LogP contribution >= 0.6 is 8.60 Å². The van der Waals surface area contributed by atoms with E-state index < -0.39 is 8.60 Å². The van der Waals surface area contributed by atoms with Crippen molar-refractivity contribution >= 4 is 8.60 Å². The predicted octanol–water partition coefficient (Wildman–Crippen LogP) is 5.32. The minimum Gasteiger partial charge on any atom is -0.427 e. The average molecular weight is 304 g/mol. The minimum atomic E-state index is -1.45. The Hall–Kier alpha value is -1.41. The van der Waals surface area contributed by atoms with Crippen LogP contribution in [0.4, 0.5) is 0 Å². The number of benzene rings is 2. The van der Waals surface area contributed by atoms with Gasteiger partial charge in [0.25, 0.3) is 0 Å². The molecular formula is C17H21O3P. The summed E-state index contributed by atoms with van der Waals surface area (Å²) in [6.45, 7) is 6.43. The Morgan fingerprint density at radius 2 is 1.43 bits per heavy atom. The maximum absolute atomic E-state index is 5.88. The highest BCUT2D eigenvalue weighted by molar-refractivity contribution is 7.42. The van der Waals surface area contributed by atoms with Crippen LogP contribution in [-0.2, 0) is 15.7 Å². The van der Waals surface area contributed by atoms with Gasteiger partial charge in [-0.1, -0.05) is 48.5 Å². The Balaban J connectivity index is 1.98. The van der Waals surface area contributed by atoms with Crippen LogP contribution in [0.25, 0.3) is 0 Å². The zero-order valence-electron chi connectivity index (χ0n) is 12.7. The third kappa shape index (κ3) is 6.26. The van der Waals surface area contributed by atoms with Crippen molar-refractivity contribution in [1.29, 1.82) is 0 Å². The summed E-state index contributed by atoms with van der Waals surface area (Å²) in [6, 6.07) is 19.6. The predicted molar refractivity (Wildman–Crippen MR) is 86.1 cm³/mol. The smallest absolute Gasteiger partial charge is 0.398 e. The van der Waals surface area contributed by atoms with Crippen molar-refractivity contribution in [2.45, 2.75) is 33.0 Å². The molecule has 0 saturated carbocycles. The Labute approximate surface area is 127 Å². The van der Waals surface area contributed by atoms with E-state index in [9.17, 15) is 0 Å². The Kier molecular flexibility index (Phi) is 5.75. The molecule has 0 radical (unpaired) electrons. The van der Waals surface area contributed by atoms with Gasteiger partial charge in [-0.3, -0.25) is 9.05 Å². The van der Waals surface area contributed by atoms with Gasteiger partial charge in [-0.05, 0) is 38.5 Å². The molecule has 2 rings (SSSR count). The Bertz CT molecular complexity index is 523. The summed E-state index contributed by atoms with van der Waals surface area (Å²) in [4.78, 5) is 0. The molecule has 0 amide bonds. The lowest BCUT2D eigenvalue weighted by molar-refractivity contribution is 0.0927. The van der Waals surface area contributed by atoms with Gasteiger partial charge < -0.3 is 4.52 Å². The Morgan fingerprint density at radius 1 is 0.857 bits per heavy atom. The van der Waals surface area contributed by atoms with Crippen LogP contribution in [-0.4, -0.2) is 5.60 Å². The quantitative estimate of drug-likeness (QED) is 0.676. The standard InChI is InChI=1S/C17H21O3P/c1-17(2,3)20-21(19-16-12-8-5-9-13-16)18-14-15-10-6-4-7-11-15/h4-13H,14H2,1-3H3. The summed E-state index contributed by atoms with van der Waals surface area (Å²) in [5.74, 6) is 0.751. The number of hydrogen-bond acceptors (Lipinski definition) is 3. The molecule has 4 heteroatoms. The van der Waals surface area contributed by atoms with Gasteiger partial charge in [-0.2, -0.15) is 0 Å². The first kappa shape index (κ1) is 16.0. The summed E-state index contributed by atoms with van der Waals surface area (Å²) < 4.78 is 17.5. The second kappa shape index (κ2) is 7.56. The molecule has 0 aromatic heterocycles. The highest BCUT2D eigenvalue weighted by atomic mass is 31.2. The molecule has 0 aliphatic rings. The van der Waals surface area contributed by atoms with Crippen LogP contribution in [0.5, 0.6) is 5.75 Å². The van der Waals surface area contributed by atoms with Crippen LogP contribution in [0, 0.1) is 0 Å². The third-order valence-corrected chi connectivity index (χ3v) is 3.85. The summed E-state index contributed by atoms with van der Waals surface area (Å²) in [7, 11) is -1.45. The average Bonchev–Trinajstić information content (AvgIpc) is 2.45. The van der Waals surface area contributed by atoms with Crippen LogP contribution in [0.15, 0.2) is 60.7 Å². The van der Waals surface area contributed by atoms with E-state index in [1.165, 1.54) is 0 Å². The molecule has 0 heterocycles. The molecule has 0 bridgehead atoms. The number of rotatable bonds is 6. The van der Waals surface area contributed by atoms with Crippen molar-refractivity contribution in [3.63, 3.8) is 0 Å². The molecule has 0 saturated heterocycles. The summed E-state index contributed by atoms with van der Waals surface area (Å²) in [5.41, 5.74) is 0.774. The molecule has 1 atom stereocenters. The van der Waals surface area contributed by atoms with Crippen molar-refractivity contribution in [1.82, 2.24) is 0 Å². The van der Waals surface area contributed by atoms with Crippen molar-refractivity contribution in [2.75, 3.05) is 0 Å². The SMILES string of the molecule is CC(C)(C)OP(OCc1ccccc1)Oc1ccccc1. The van der Waals surface area contributed by atoms with Gasteiger partial charge in [-0.15, -0.1) is 0 Å². The maximum atomic E-state index is 5.88. The maximum Gasteiger partial charge on any atom is 0.398 e. The molecule has 0 aliphatic carbocycles. The second-order valence-electron chi connectivity index (χ2n) is 5.59. The fraction of sp³-hybridized carbons (Fsp3) is 0.294. The van der Waals surface area contributed by atoms with E-state index in [-0.39, 0.29) is 5.60 Å². The highest BCUT2D eigenvalue weighted by Crippen LogP contribution is 2.44. The second-order valence-corrected chi connectivity index (χ2v) is 6.66. The van der Waals surface area contributed by atoms with Crippen LogP contribution in [0.3, 0.4) is 0 Å². The molecule has 3 nitrogen and oxygen atoms in total. The van der Waals surface area contributed by atoms with Crippen LogP contribution in [0.1, 0.15) is 26.3 Å². The number of para-hydroxylation sites is 1. The fourth-order valence-electron chi connectivity index (χ4n) is 1.56. The van der Waals surface area contributed by atoms with E-state index >= 15 is 0 Å². The zero-order valence-corrected chi connectivity index (χ0v) is 13.5. The van der Waals surface area contributed by atoms with Crippen molar-refractivity contribution in [3.8, 4) is 5.75 Å². The van der Waals surface area contributed by atoms with Crippen molar-refractivity contribution in [3.05, 3.63) is 66.2 Å². The van der Waals surface area contributed by atoms with Gasteiger partial charge in [0.05, 0.1) is 12.2 Å². The van der Waals surface area contributed by atoms with Gasteiger partial charge in [-0.25, -0.2) is 0 Å². The molecule has 1 unspecified atom stereocenters. The van der Waals surface area contributed by atoms with Gasteiger partial charge in [0.2, 0.25) is 0 Å². The van der Waals surface area contributed by atoms with E-state index in [1.807, 2.05) is 81.4 Å². The van der Waals surface area contributed by atoms with E-state index in [0.29, 0.717) is 6.61 Å². The van der Waals surface area contributed by atoms with Gasteiger partial charge in [0.15, 0.2) is 0 Å². The summed E-state index contributed by atoms with van der Waals surface area (Å²) in [6.07, 6.45) is 0. The molecule has 0 spiro atoms. The van der Waals surface area contributed by atoms with Crippen LogP contribution < -0.4 is 4.52 Å². The van der Waals surface area contributed by atoms with Gasteiger partial charge >= 0.3 is 8.60 Å². The number of hydrogen-bond donors (Lipinski definition) is 0. The topological polar surface area (TPSA) is 27.7 Å². The monoisotopic (exact) mass is 304 g/mol. The molecular weight excluding hydrogens is 283 g/mol. The van der Waals surface area contributed by atoms with Gasteiger partial charge in [0.1, 0.15) is 5.75 Å². The molecule has 2 aromatic carbocycles. The summed E-state index contributed by atoms with van der Waals surface area (Å²) >= 11 is 0. The molecule has 0 fully saturated rings. The first-order chi connectivity index (χ1) is 10.0.